The second-order valence-electron chi connectivity index (χ2n) is 4.53. The third-order valence-electron chi connectivity index (χ3n) is 2.92. The van der Waals surface area contributed by atoms with Crippen LogP contribution in [0.15, 0.2) is 36.5 Å². The fraction of sp³-hybridized carbons (Fsp3) is 0.267. The molecule has 0 bridgehead atoms. The monoisotopic (exact) mass is 229 g/mol. The van der Waals surface area contributed by atoms with Gasteiger partial charge in [0.25, 0.3) is 0 Å². The average molecular weight is 229 g/mol. The van der Waals surface area contributed by atoms with Gasteiger partial charge in [0, 0.05) is 11.8 Å². The topological polar surface area (TPSA) is 12.9 Å². The van der Waals surface area contributed by atoms with Crippen LogP contribution in [0.3, 0.4) is 0 Å². The van der Waals surface area contributed by atoms with Crippen molar-refractivity contribution < 1.29 is 4.39 Å². The number of pyridine rings is 1. The molecule has 0 saturated heterocycles. The molecule has 2 aromatic rings. The molecular weight excluding hydrogens is 213 g/mol. The molecule has 1 aromatic carbocycles. The summed E-state index contributed by atoms with van der Waals surface area (Å²) in [6, 6.07) is 9.33. The first-order chi connectivity index (χ1) is 8.11. The van der Waals surface area contributed by atoms with E-state index in [1.54, 1.807) is 12.3 Å². The summed E-state index contributed by atoms with van der Waals surface area (Å²) in [4.78, 5) is 4.27. The van der Waals surface area contributed by atoms with Crippen molar-refractivity contribution in [3.05, 3.63) is 53.5 Å². The van der Waals surface area contributed by atoms with E-state index in [4.69, 9.17) is 0 Å². The van der Waals surface area contributed by atoms with Gasteiger partial charge in [0.1, 0.15) is 5.82 Å². The van der Waals surface area contributed by atoms with Crippen molar-refractivity contribution >= 4 is 0 Å². The normalized spacial score (nSPS) is 10.9. The van der Waals surface area contributed by atoms with Crippen LogP contribution in [-0.4, -0.2) is 4.98 Å². The van der Waals surface area contributed by atoms with Crippen molar-refractivity contribution in [1.29, 1.82) is 0 Å². The number of nitrogens with zero attached hydrogens (tertiary/aromatic N) is 1. The highest BCUT2D eigenvalue weighted by Crippen LogP contribution is 2.28. The Morgan fingerprint density at radius 3 is 2.53 bits per heavy atom. The molecule has 0 aliphatic rings. The van der Waals surface area contributed by atoms with E-state index in [0.29, 0.717) is 5.56 Å². The Kier molecular flexibility index (Phi) is 3.23. The highest BCUT2D eigenvalue weighted by Gasteiger charge is 2.14. The molecule has 0 radical (unpaired) electrons. The Bertz CT molecular complexity index is 532. The number of aryl methyl sites for hydroxylation is 1. The van der Waals surface area contributed by atoms with Crippen LogP contribution in [-0.2, 0) is 0 Å². The minimum absolute atomic E-state index is 0.149. The Morgan fingerprint density at radius 1 is 1.12 bits per heavy atom. The van der Waals surface area contributed by atoms with Crippen LogP contribution in [0.1, 0.15) is 30.9 Å². The van der Waals surface area contributed by atoms with E-state index < -0.39 is 0 Å². The Morgan fingerprint density at radius 2 is 1.88 bits per heavy atom. The number of rotatable bonds is 2. The smallest absolute Gasteiger partial charge is 0.136 e. The largest absolute Gasteiger partial charge is 0.256 e. The van der Waals surface area contributed by atoms with Gasteiger partial charge in [-0.3, -0.25) is 4.98 Å². The first-order valence-electron chi connectivity index (χ1n) is 5.81. The maximum Gasteiger partial charge on any atom is 0.136 e. The lowest BCUT2D eigenvalue weighted by atomic mass is 9.97. The van der Waals surface area contributed by atoms with Gasteiger partial charge >= 0.3 is 0 Å². The molecule has 0 aliphatic carbocycles. The lowest BCUT2D eigenvalue weighted by molar-refractivity contribution is 0.601. The maximum atomic E-state index is 14.3. The van der Waals surface area contributed by atoms with E-state index in [2.05, 4.69) is 4.98 Å². The van der Waals surface area contributed by atoms with Gasteiger partial charge in [-0.1, -0.05) is 32.0 Å². The van der Waals surface area contributed by atoms with Crippen LogP contribution in [0.5, 0.6) is 0 Å². The molecule has 1 aromatic heterocycles. The molecule has 0 unspecified atom stereocenters. The van der Waals surface area contributed by atoms with Gasteiger partial charge in [0.15, 0.2) is 0 Å². The third-order valence-corrected chi connectivity index (χ3v) is 2.92. The Balaban J connectivity index is 2.61. The summed E-state index contributed by atoms with van der Waals surface area (Å²) in [5, 5.41) is 0. The summed E-state index contributed by atoms with van der Waals surface area (Å²) in [5.41, 5.74) is 3.06. The molecule has 88 valence electrons. The first-order valence-corrected chi connectivity index (χ1v) is 5.81. The summed E-state index contributed by atoms with van der Waals surface area (Å²) in [6.45, 7) is 5.94. The fourth-order valence-corrected chi connectivity index (χ4v) is 1.95. The van der Waals surface area contributed by atoms with E-state index in [0.717, 1.165) is 16.8 Å². The zero-order valence-corrected chi connectivity index (χ0v) is 10.4. The first kappa shape index (κ1) is 11.8. The summed E-state index contributed by atoms with van der Waals surface area (Å²) in [7, 11) is 0. The van der Waals surface area contributed by atoms with Crippen LogP contribution in [0.25, 0.3) is 11.3 Å². The number of hydrogen-bond acceptors (Lipinski definition) is 1. The number of aromatic nitrogens is 1. The average Bonchev–Trinajstić information content (AvgIpc) is 2.30. The van der Waals surface area contributed by atoms with Gasteiger partial charge in [-0.05, 0) is 36.1 Å². The molecule has 2 rings (SSSR count). The van der Waals surface area contributed by atoms with Crippen LogP contribution in [0.2, 0.25) is 0 Å². The molecule has 17 heavy (non-hydrogen) atoms. The van der Waals surface area contributed by atoms with Gasteiger partial charge in [-0.15, -0.1) is 0 Å². The molecule has 0 spiro atoms. The minimum Gasteiger partial charge on any atom is -0.256 e. The quantitative estimate of drug-likeness (QED) is 0.747. The predicted octanol–water partition coefficient (Wildman–Crippen LogP) is 4.32. The predicted molar refractivity (Wildman–Crippen MR) is 68.5 cm³/mol. The number of hydrogen-bond donors (Lipinski definition) is 0. The van der Waals surface area contributed by atoms with Gasteiger partial charge in [0.05, 0.1) is 5.69 Å². The zero-order valence-electron chi connectivity index (χ0n) is 10.4. The van der Waals surface area contributed by atoms with Gasteiger partial charge in [-0.25, -0.2) is 4.39 Å². The van der Waals surface area contributed by atoms with E-state index in [-0.39, 0.29) is 11.7 Å². The fourth-order valence-electron chi connectivity index (χ4n) is 1.95. The number of benzene rings is 1. The van der Waals surface area contributed by atoms with Crippen molar-refractivity contribution in [2.75, 3.05) is 0 Å². The molecular formula is C15H16FN. The van der Waals surface area contributed by atoms with Crippen LogP contribution in [0, 0.1) is 12.7 Å². The van der Waals surface area contributed by atoms with Gasteiger partial charge in [0.2, 0.25) is 0 Å². The van der Waals surface area contributed by atoms with E-state index in [1.807, 2.05) is 45.0 Å². The lowest BCUT2D eigenvalue weighted by Gasteiger charge is -2.11. The standard InChI is InChI=1S/C15H16FN/c1-10(2)12-7-4-8-13(14(12)16)15-11(3)6-5-9-17-15/h4-10H,1-3H3. The van der Waals surface area contributed by atoms with Crippen molar-refractivity contribution in [2.24, 2.45) is 0 Å². The summed E-state index contributed by atoms with van der Waals surface area (Å²) >= 11 is 0. The molecule has 0 fully saturated rings. The van der Waals surface area contributed by atoms with Gasteiger partial charge in [-0.2, -0.15) is 0 Å². The molecule has 0 saturated carbocycles. The van der Waals surface area contributed by atoms with Crippen LogP contribution in [0.4, 0.5) is 4.39 Å². The van der Waals surface area contributed by atoms with Crippen molar-refractivity contribution in [3.63, 3.8) is 0 Å². The van der Waals surface area contributed by atoms with E-state index in [9.17, 15) is 4.39 Å². The SMILES string of the molecule is Cc1cccnc1-c1cccc(C(C)C)c1F. The molecule has 2 heteroatoms. The van der Waals surface area contributed by atoms with Crippen LogP contribution >= 0.6 is 0 Å². The number of halogens is 1. The second-order valence-corrected chi connectivity index (χ2v) is 4.53. The maximum absolute atomic E-state index is 14.3. The Labute approximate surface area is 101 Å². The minimum atomic E-state index is -0.149. The third kappa shape index (κ3) is 2.21. The van der Waals surface area contributed by atoms with Crippen molar-refractivity contribution in [1.82, 2.24) is 4.98 Å². The highest BCUT2D eigenvalue weighted by atomic mass is 19.1. The lowest BCUT2D eigenvalue weighted by Crippen LogP contribution is -1.97. The molecule has 0 atom stereocenters. The van der Waals surface area contributed by atoms with Gasteiger partial charge < -0.3 is 0 Å². The van der Waals surface area contributed by atoms with Crippen molar-refractivity contribution in [3.8, 4) is 11.3 Å². The highest BCUT2D eigenvalue weighted by molar-refractivity contribution is 5.64. The summed E-state index contributed by atoms with van der Waals surface area (Å²) < 4.78 is 14.3. The molecule has 0 aliphatic heterocycles. The molecule has 0 N–H and O–H groups in total. The van der Waals surface area contributed by atoms with Crippen molar-refractivity contribution in [2.45, 2.75) is 26.7 Å². The molecule has 1 nitrogen and oxygen atoms in total. The van der Waals surface area contributed by atoms with E-state index >= 15 is 0 Å². The Hall–Kier alpha value is -1.70. The van der Waals surface area contributed by atoms with E-state index in [1.165, 1.54) is 0 Å². The zero-order chi connectivity index (χ0) is 12.4. The summed E-state index contributed by atoms with van der Waals surface area (Å²) in [5.74, 6) is 0.0308. The second kappa shape index (κ2) is 4.66. The molecule has 1 heterocycles. The summed E-state index contributed by atoms with van der Waals surface area (Å²) in [6.07, 6.45) is 1.70. The molecule has 0 amide bonds. The van der Waals surface area contributed by atoms with Crippen LogP contribution < -0.4 is 0 Å².